The van der Waals surface area contributed by atoms with Crippen LogP contribution in [0, 0.1) is 0 Å². The largest absolute Gasteiger partial charge is 0.486 e. The van der Waals surface area contributed by atoms with Crippen LogP contribution in [-0.4, -0.2) is 23.4 Å². The van der Waals surface area contributed by atoms with E-state index in [1.54, 1.807) is 0 Å². The standard InChI is InChI=1S/C15H16ClN3O3/c16-11-6-10(7-12-13(11)21-5-4-20-12)8-18-15(2-1-3-15)14-17-9-22-19-14/h6-7,9,18H,1-5,8H2. The van der Waals surface area contributed by atoms with Crippen molar-refractivity contribution in [2.75, 3.05) is 13.2 Å². The molecule has 1 N–H and O–H groups in total. The topological polar surface area (TPSA) is 69.4 Å². The molecule has 1 aliphatic heterocycles. The summed E-state index contributed by atoms with van der Waals surface area (Å²) in [4.78, 5) is 4.20. The molecule has 0 amide bonds. The molecule has 0 unspecified atom stereocenters. The Morgan fingerprint density at radius 2 is 2.09 bits per heavy atom. The number of hydrogen-bond donors (Lipinski definition) is 1. The zero-order chi connectivity index (χ0) is 15.0. The van der Waals surface area contributed by atoms with Crippen LogP contribution < -0.4 is 14.8 Å². The molecular weight excluding hydrogens is 306 g/mol. The Balaban J connectivity index is 1.53. The number of aromatic nitrogens is 2. The van der Waals surface area contributed by atoms with E-state index >= 15 is 0 Å². The predicted octanol–water partition coefficient (Wildman–Crippen LogP) is 2.66. The summed E-state index contributed by atoms with van der Waals surface area (Å²) in [5.74, 6) is 2.06. The van der Waals surface area contributed by atoms with Crippen molar-refractivity contribution in [3.05, 3.63) is 34.9 Å². The lowest BCUT2D eigenvalue weighted by molar-refractivity contribution is 0.163. The van der Waals surface area contributed by atoms with Crippen molar-refractivity contribution in [3.63, 3.8) is 0 Å². The fourth-order valence-corrected chi connectivity index (χ4v) is 3.22. The Labute approximate surface area is 132 Å². The lowest BCUT2D eigenvalue weighted by atomic mass is 9.76. The van der Waals surface area contributed by atoms with Gasteiger partial charge in [0.15, 0.2) is 17.3 Å². The number of halogens is 1. The van der Waals surface area contributed by atoms with Crippen LogP contribution in [0.2, 0.25) is 5.02 Å². The van der Waals surface area contributed by atoms with E-state index in [2.05, 4.69) is 15.5 Å². The van der Waals surface area contributed by atoms with Gasteiger partial charge in [0.05, 0.1) is 10.6 Å². The SMILES string of the molecule is Clc1cc(CNC2(c3ncon3)CCC2)cc2c1OCCO2. The second-order valence-corrected chi connectivity index (χ2v) is 6.05. The van der Waals surface area contributed by atoms with E-state index in [0.29, 0.717) is 36.3 Å². The quantitative estimate of drug-likeness (QED) is 0.933. The van der Waals surface area contributed by atoms with Crippen molar-refractivity contribution < 1.29 is 14.0 Å². The highest BCUT2D eigenvalue weighted by molar-refractivity contribution is 6.32. The number of ether oxygens (including phenoxy) is 2. The van der Waals surface area contributed by atoms with Gasteiger partial charge in [-0.15, -0.1) is 0 Å². The van der Waals surface area contributed by atoms with Gasteiger partial charge < -0.3 is 19.3 Å². The highest BCUT2D eigenvalue weighted by Crippen LogP contribution is 2.41. The third-order valence-corrected chi connectivity index (χ3v) is 4.56. The zero-order valence-electron chi connectivity index (χ0n) is 12.0. The van der Waals surface area contributed by atoms with Crippen molar-refractivity contribution >= 4 is 11.6 Å². The fourth-order valence-electron chi connectivity index (χ4n) is 2.93. The number of hydrogen-bond acceptors (Lipinski definition) is 6. The first-order valence-electron chi connectivity index (χ1n) is 7.37. The lowest BCUT2D eigenvalue weighted by Crippen LogP contribution is -2.48. The van der Waals surface area contributed by atoms with Crippen molar-refractivity contribution in [1.29, 1.82) is 0 Å². The molecule has 4 rings (SSSR count). The van der Waals surface area contributed by atoms with E-state index in [-0.39, 0.29) is 5.54 Å². The predicted molar refractivity (Wildman–Crippen MR) is 79.1 cm³/mol. The maximum atomic E-state index is 6.27. The maximum Gasteiger partial charge on any atom is 0.213 e. The van der Waals surface area contributed by atoms with E-state index in [0.717, 1.165) is 30.7 Å². The van der Waals surface area contributed by atoms with Crippen molar-refractivity contribution in [1.82, 2.24) is 15.5 Å². The van der Waals surface area contributed by atoms with E-state index in [1.165, 1.54) is 6.39 Å². The Morgan fingerprint density at radius 3 is 2.82 bits per heavy atom. The van der Waals surface area contributed by atoms with Crippen LogP contribution >= 0.6 is 11.6 Å². The summed E-state index contributed by atoms with van der Waals surface area (Å²) in [6.07, 6.45) is 4.54. The Hall–Kier alpha value is -1.79. The molecule has 116 valence electrons. The highest BCUT2D eigenvalue weighted by atomic mass is 35.5. The molecule has 7 heteroatoms. The van der Waals surface area contributed by atoms with Crippen LogP contribution in [-0.2, 0) is 12.1 Å². The van der Waals surface area contributed by atoms with Crippen LogP contribution in [0.1, 0.15) is 30.7 Å². The molecule has 2 aliphatic rings. The van der Waals surface area contributed by atoms with Gasteiger partial charge in [-0.3, -0.25) is 0 Å². The van der Waals surface area contributed by atoms with Crippen LogP contribution in [0.4, 0.5) is 0 Å². The molecule has 1 aromatic heterocycles. The van der Waals surface area contributed by atoms with Crippen LogP contribution in [0.15, 0.2) is 23.0 Å². The Morgan fingerprint density at radius 1 is 1.23 bits per heavy atom. The minimum absolute atomic E-state index is 0.188. The first-order valence-corrected chi connectivity index (χ1v) is 7.75. The van der Waals surface area contributed by atoms with Gasteiger partial charge in [0.1, 0.15) is 13.2 Å². The van der Waals surface area contributed by atoms with E-state index in [4.69, 9.17) is 25.6 Å². The third-order valence-electron chi connectivity index (χ3n) is 4.28. The molecule has 0 radical (unpaired) electrons. The lowest BCUT2D eigenvalue weighted by Gasteiger charge is -2.40. The molecule has 6 nitrogen and oxygen atoms in total. The number of nitrogens with one attached hydrogen (secondary N) is 1. The molecule has 0 spiro atoms. The van der Waals surface area contributed by atoms with Crippen LogP contribution in [0.5, 0.6) is 11.5 Å². The van der Waals surface area contributed by atoms with Gasteiger partial charge in [-0.1, -0.05) is 16.8 Å². The zero-order valence-corrected chi connectivity index (χ0v) is 12.7. The van der Waals surface area contributed by atoms with E-state index < -0.39 is 0 Å². The summed E-state index contributed by atoms with van der Waals surface area (Å²) >= 11 is 6.27. The summed E-state index contributed by atoms with van der Waals surface area (Å²) in [5, 5.41) is 8.12. The fraction of sp³-hybridized carbons (Fsp3) is 0.467. The molecule has 1 aliphatic carbocycles. The van der Waals surface area contributed by atoms with Crippen LogP contribution in [0.3, 0.4) is 0 Å². The molecular formula is C15H16ClN3O3. The first-order chi connectivity index (χ1) is 10.8. The number of nitrogens with zero attached hydrogens (tertiary/aromatic N) is 2. The minimum atomic E-state index is -0.188. The Kier molecular flexibility index (Phi) is 3.43. The van der Waals surface area contributed by atoms with Gasteiger partial charge >= 0.3 is 0 Å². The highest BCUT2D eigenvalue weighted by Gasteiger charge is 2.42. The van der Waals surface area contributed by atoms with Gasteiger partial charge in [0, 0.05) is 6.54 Å². The normalized spacial score (nSPS) is 18.8. The van der Waals surface area contributed by atoms with Gasteiger partial charge in [-0.2, -0.15) is 4.98 Å². The molecule has 1 saturated carbocycles. The van der Waals surface area contributed by atoms with Gasteiger partial charge in [-0.05, 0) is 37.0 Å². The van der Waals surface area contributed by atoms with Crippen molar-refractivity contribution in [3.8, 4) is 11.5 Å². The molecule has 22 heavy (non-hydrogen) atoms. The molecule has 0 bridgehead atoms. The number of rotatable bonds is 4. The van der Waals surface area contributed by atoms with Gasteiger partial charge in [0.25, 0.3) is 0 Å². The summed E-state index contributed by atoms with van der Waals surface area (Å²) in [5.41, 5.74) is 0.858. The maximum absolute atomic E-state index is 6.27. The van der Waals surface area contributed by atoms with Gasteiger partial charge in [-0.25, -0.2) is 0 Å². The van der Waals surface area contributed by atoms with Crippen molar-refractivity contribution in [2.45, 2.75) is 31.3 Å². The van der Waals surface area contributed by atoms with Crippen molar-refractivity contribution in [2.24, 2.45) is 0 Å². The molecule has 1 aromatic carbocycles. The molecule has 1 fully saturated rings. The minimum Gasteiger partial charge on any atom is -0.486 e. The molecule has 0 saturated heterocycles. The molecule has 2 aromatic rings. The average Bonchev–Trinajstić information content (AvgIpc) is 3.01. The second kappa shape index (κ2) is 5.44. The smallest absolute Gasteiger partial charge is 0.213 e. The Bertz CT molecular complexity index is 671. The molecule has 0 atom stereocenters. The summed E-state index contributed by atoms with van der Waals surface area (Å²) in [7, 11) is 0. The molecule has 2 heterocycles. The number of benzene rings is 1. The summed E-state index contributed by atoms with van der Waals surface area (Å²) in [6.45, 7) is 1.74. The monoisotopic (exact) mass is 321 g/mol. The summed E-state index contributed by atoms with van der Waals surface area (Å²) in [6, 6.07) is 3.88. The third kappa shape index (κ3) is 2.32. The summed E-state index contributed by atoms with van der Waals surface area (Å²) < 4.78 is 16.0. The van der Waals surface area contributed by atoms with E-state index in [1.807, 2.05) is 12.1 Å². The second-order valence-electron chi connectivity index (χ2n) is 5.65. The number of fused-ring (bicyclic) bond motifs is 1. The first kappa shape index (κ1) is 13.8. The van der Waals surface area contributed by atoms with Gasteiger partial charge in [0.2, 0.25) is 6.39 Å². The van der Waals surface area contributed by atoms with Crippen LogP contribution in [0.25, 0.3) is 0 Å². The van der Waals surface area contributed by atoms with E-state index in [9.17, 15) is 0 Å². The average molecular weight is 322 g/mol.